The molecule has 0 aliphatic rings. The summed E-state index contributed by atoms with van der Waals surface area (Å²) >= 11 is 0. The van der Waals surface area contributed by atoms with Crippen molar-refractivity contribution in [3.63, 3.8) is 0 Å². The average molecular weight is 435 g/mol. The van der Waals surface area contributed by atoms with E-state index in [1.165, 1.54) is 47.6 Å². The van der Waals surface area contributed by atoms with Gasteiger partial charge in [0.15, 0.2) is 9.84 Å². The van der Waals surface area contributed by atoms with Crippen molar-refractivity contribution < 1.29 is 32.2 Å². The highest BCUT2D eigenvalue weighted by Gasteiger charge is 2.16. The summed E-state index contributed by atoms with van der Waals surface area (Å²) in [6.07, 6.45) is 1.41. The molecule has 0 aliphatic carbocycles. The molecule has 8 nitrogen and oxygen atoms in total. The molecule has 0 radical (unpaired) electrons. The van der Waals surface area contributed by atoms with Crippen molar-refractivity contribution >= 4 is 21.8 Å². The summed E-state index contributed by atoms with van der Waals surface area (Å²) < 4.78 is 46.4. The predicted octanol–water partition coefficient (Wildman–Crippen LogP) is 2.67. The second-order valence-corrected chi connectivity index (χ2v) is 8.06. The number of carbonyl (C=O) groups is 1. The molecule has 0 saturated carbocycles. The Kier molecular flexibility index (Phi) is 7.71. The molecule has 0 aliphatic heterocycles. The van der Waals surface area contributed by atoms with Crippen molar-refractivity contribution in [1.29, 1.82) is 0 Å². The van der Waals surface area contributed by atoms with Crippen LogP contribution >= 0.6 is 0 Å². The Morgan fingerprint density at radius 3 is 2.03 bits per heavy atom. The fourth-order valence-corrected chi connectivity index (χ4v) is 3.89. The molecule has 0 spiro atoms. The van der Waals surface area contributed by atoms with Gasteiger partial charge in [0.1, 0.15) is 23.0 Å². The molecular formula is C21H25NO7S. The molecule has 0 bridgehead atoms. The lowest BCUT2D eigenvalue weighted by Gasteiger charge is -2.12. The van der Waals surface area contributed by atoms with Gasteiger partial charge in [0.25, 0.3) is 5.91 Å². The van der Waals surface area contributed by atoms with Crippen LogP contribution in [0.2, 0.25) is 0 Å². The maximum Gasteiger partial charge on any atom is 0.254 e. The Morgan fingerprint density at radius 2 is 1.53 bits per heavy atom. The monoisotopic (exact) mass is 435 g/mol. The molecular weight excluding hydrogens is 410 g/mol. The molecule has 30 heavy (non-hydrogen) atoms. The molecule has 0 unspecified atom stereocenters. The number of methoxy groups -OCH3 is 4. The zero-order valence-electron chi connectivity index (χ0n) is 17.5. The fraction of sp³-hybridized carbons (Fsp3) is 0.286. The van der Waals surface area contributed by atoms with E-state index in [-0.39, 0.29) is 17.2 Å². The van der Waals surface area contributed by atoms with E-state index < -0.39 is 9.84 Å². The van der Waals surface area contributed by atoms with Crippen LogP contribution in [0, 0.1) is 0 Å². The van der Waals surface area contributed by atoms with Gasteiger partial charge in [-0.15, -0.1) is 0 Å². The van der Waals surface area contributed by atoms with E-state index in [0.29, 0.717) is 34.1 Å². The SMILES string of the molecule is CNC(=O)c1cc(CS(=O)(=O)/C=C/c2c(OC)cc(OC)cc2OC)ccc1OC. The number of ether oxygens (including phenoxy) is 4. The third-order valence-electron chi connectivity index (χ3n) is 4.30. The third kappa shape index (κ3) is 5.44. The molecule has 0 heterocycles. The molecule has 162 valence electrons. The van der Waals surface area contributed by atoms with Crippen LogP contribution in [0.3, 0.4) is 0 Å². The Balaban J connectivity index is 2.36. The van der Waals surface area contributed by atoms with Crippen LogP contribution in [-0.4, -0.2) is 49.8 Å². The molecule has 0 aromatic heterocycles. The molecule has 2 rings (SSSR count). The highest BCUT2D eigenvalue weighted by Crippen LogP contribution is 2.35. The van der Waals surface area contributed by atoms with Gasteiger partial charge >= 0.3 is 0 Å². The molecule has 0 fully saturated rings. The van der Waals surface area contributed by atoms with Gasteiger partial charge in [0.05, 0.1) is 45.3 Å². The van der Waals surface area contributed by atoms with Crippen molar-refractivity contribution in [2.24, 2.45) is 0 Å². The predicted molar refractivity (Wildman–Crippen MR) is 114 cm³/mol. The highest BCUT2D eigenvalue weighted by molar-refractivity contribution is 7.93. The average Bonchev–Trinajstić information content (AvgIpc) is 2.76. The molecule has 2 aromatic carbocycles. The number of benzene rings is 2. The van der Waals surface area contributed by atoms with Gasteiger partial charge in [0, 0.05) is 24.6 Å². The summed E-state index contributed by atoms with van der Waals surface area (Å²) in [6.45, 7) is 0. The minimum absolute atomic E-state index is 0.259. The zero-order chi connectivity index (χ0) is 22.3. The van der Waals surface area contributed by atoms with Crippen LogP contribution in [0.1, 0.15) is 21.5 Å². The van der Waals surface area contributed by atoms with Crippen LogP contribution in [0.4, 0.5) is 0 Å². The van der Waals surface area contributed by atoms with Gasteiger partial charge in [-0.2, -0.15) is 0 Å². The number of sulfone groups is 1. The van der Waals surface area contributed by atoms with E-state index in [1.54, 1.807) is 24.3 Å². The summed E-state index contributed by atoms with van der Waals surface area (Å²) in [7, 11) is 3.72. The number of nitrogens with one attached hydrogen (secondary N) is 1. The van der Waals surface area contributed by atoms with E-state index in [2.05, 4.69) is 5.32 Å². The van der Waals surface area contributed by atoms with Crippen LogP contribution in [0.15, 0.2) is 35.7 Å². The van der Waals surface area contributed by atoms with Gasteiger partial charge in [-0.1, -0.05) is 6.07 Å². The second kappa shape index (κ2) is 10.0. The van der Waals surface area contributed by atoms with Crippen LogP contribution in [-0.2, 0) is 15.6 Å². The first-order valence-electron chi connectivity index (χ1n) is 8.88. The van der Waals surface area contributed by atoms with Crippen molar-refractivity contribution in [2.75, 3.05) is 35.5 Å². The van der Waals surface area contributed by atoms with Gasteiger partial charge in [-0.3, -0.25) is 4.79 Å². The number of rotatable bonds is 9. The van der Waals surface area contributed by atoms with E-state index in [0.717, 1.165) is 5.41 Å². The molecule has 2 aromatic rings. The lowest BCUT2D eigenvalue weighted by Crippen LogP contribution is -2.19. The largest absolute Gasteiger partial charge is 0.496 e. The zero-order valence-corrected chi connectivity index (χ0v) is 18.3. The summed E-state index contributed by atoms with van der Waals surface area (Å²) in [5.74, 6) is 1.03. The topological polar surface area (TPSA) is 100 Å². The normalized spacial score (nSPS) is 11.2. The molecule has 9 heteroatoms. The number of hydrogen-bond acceptors (Lipinski definition) is 7. The van der Waals surface area contributed by atoms with Gasteiger partial charge in [-0.25, -0.2) is 8.42 Å². The van der Waals surface area contributed by atoms with Crippen molar-refractivity contribution in [3.8, 4) is 23.0 Å². The summed E-state index contributed by atoms with van der Waals surface area (Å²) in [5.41, 5.74) is 1.17. The summed E-state index contributed by atoms with van der Waals surface area (Å²) in [5, 5.41) is 3.59. The van der Waals surface area contributed by atoms with Crippen LogP contribution in [0.25, 0.3) is 6.08 Å². The fourth-order valence-electron chi connectivity index (χ4n) is 2.81. The molecule has 1 amide bonds. The lowest BCUT2D eigenvalue weighted by atomic mass is 10.1. The Bertz CT molecular complexity index is 1020. The number of amides is 1. The summed E-state index contributed by atoms with van der Waals surface area (Å²) in [4.78, 5) is 12.0. The standard InChI is InChI=1S/C21H25NO7S/c1-22-21(23)17-10-14(6-7-18(17)27-3)13-30(24,25)9-8-16-19(28-4)11-15(26-2)12-20(16)29-5/h6-12H,13H2,1-5H3,(H,22,23)/b9-8+. The highest BCUT2D eigenvalue weighted by atomic mass is 32.2. The smallest absolute Gasteiger partial charge is 0.254 e. The van der Waals surface area contributed by atoms with E-state index in [9.17, 15) is 13.2 Å². The maximum absolute atomic E-state index is 12.7. The van der Waals surface area contributed by atoms with Gasteiger partial charge < -0.3 is 24.3 Å². The number of hydrogen-bond donors (Lipinski definition) is 1. The van der Waals surface area contributed by atoms with Gasteiger partial charge in [0.2, 0.25) is 0 Å². The van der Waals surface area contributed by atoms with Gasteiger partial charge in [-0.05, 0) is 23.8 Å². The number of carbonyl (C=O) groups excluding carboxylic acids is 1. The molecule has 0 saturated heterocycles. The minimum Gasteiger partial charge on any atom is -0.496 e. The Morgan fingerprint density at radius 1 is 0.933 bits per heavy atom. The molecule has 1 N–H and O–H groups in total. The van der Waals surface area contributed by atoms with Crippen LogP contribution < -0.4 is 24.3 Å². The van der Waals surface area contributed by atoms with E-state index in [4.69, 9.17) is 18.9 Å². The van der Waals surface area contributed by atoms with Crippen LogP contribution in [0.5, 0.6) is 23.0 Å². The quantitative estimate of drug-likeness (QED) is 0.646. The minimum atomic E-state index is -3.66. The van der Waals surface area contributed by atoms with Crippen molar-refractivity contribution in [1.82, 2.24) is 5.32 Å². The Labute approximate surface area is 176 Å². The summed E-state index contributed by atoms with van der Waals surface area (Å²) in [6, 6.07) is 7.93. The first-order valence-corrected chi connectivity index (χ1v) is 10.6. The maximum atomic E-state index is 12.7. The Hall–Kier alpha value is -3.20. The second-order valence-electron chi connectivity index (χ2n) is 6.17. The first-order chi connectivity index (χ1) is 14.3. The van der Waals surface area contributed by atoms with E-state index in [1.807, 2.05) is 0 Å². The van der Waals surface area contributed by atoms with E-state index >= 15 is 0 Å². The first kappa shape index (κ1) is 23.1. The molecule has 0 atom stereocenters. The van der Waals surface area contributed by atoms with Crippen molar-refractivity contribution in [2.45, 2.75) is 5.75 Å². The lowest BCUT2D eigenvalue weighted by molar-refractivity contribution is 0.0960. The van der Waals surface area contributed by atoms with Crippen molar-refractivity contribution in [3.05, 3.63) is 52.4 Å². The third-order valence-corrected chi connectivity index (χ3v) is 5.59.